The number of fused-ring (bicyclic) bond motifs is 1. The van der Waals surface area contributed by atoms with E-state index in [-0.39, 0.29) is 41.8 Å². The summed E-state index contributed by atoms with van der Waals surface area (Å²) in [5.74, 6) is -0.169. The van der Waals surface area contributed by atoms with Crippen molar-refractivity contribution in [1.82, 2.24) is 14.5 Å². The van der Waals surface area contributed by atoms with Crippen molar-refractivity contribution in [2.45, 2.75) is 37.8 Å². The van der Waals surface area contributed by atoms with Crippen LogP contribution >= 0.6 is 11.8 Å². The van der Waals surface area contributed by atoms with E-state index >= 15 is 0 Å². The third-order valence-electron chi connectivity index (χ3n) is 5.18. The maximum Gasteiger partial charge on any atom is 0.262 e. The highest BCUT2D eigenvalue weighted by Crippen LogP contribution is 2.21. The summed E-state index contributed by atoms with van der Waals surface area (Å²) in [5, 5.41) is 0.979. The number of para-hydroxylation sites is 1. The van der Waals surface area contributed by atoms with Gasteiger partial charge >= 0.3 is 0 Å². The number of aromatic nitrogens is 2. The molecule has 0 spiro atoms. The molecule has 4 rings (SSSR count). The van der Waals surface area contributed by atoms with Crippen LogP contribution in [-0.2, 0) is 16.1 Å². The van der Waals surface area contributed by atoms with Crippen LogP contribution in [-0.4, -0.2) is 51.4 Å². The summed E-state index contributed by atoms with van der Waals surface area (Å²) in [5.41, 5.74) is 1.19. The van der Waals surface area contributed by atoms with Crippen molar-refractivity contribution < 1.29 is 13.9 Å². The summed E-state index contributed by atoms with van der Waals surface area (Å²) >= 11 is 1.25. The van der Waals surface area contributed by atoms with E-state index in [1.165, 1.54) is 23.9 Å². The zero-order valence-corrected chi connectivity index (χ0v) is 18.3. The number of amides is 1. The molecular formula is C23H24FN3O3S. The molecule has 1 aliphatic rings. The number of thioether (sulfide) groups is 1. The van der Waals surface area contributed by atoms with E-state index in [0.717, 1.165) is 5.56 Å². The Morgan fingerprint density at radius 2 is 1.81 bits per heavy atom. The monoisotopic (exact) mass is 441 g/mol. The van der Waals surface area contributed by atoms with E-state index in [1.807, 2.05) is 19.9 Å². The van der Waals surface area contributed by atoms with Gasteiger partial charge in [0, 0.05) is 13.1 Å². The van der Waals surface area contributed by atoms with Crippen molar-refractivity contribution in [1.29, 1.82) is 0 Å². The van der Waals surface area contributed by atoms with Crippen LogP contribution < -0.4 is 5.56 Å². The third kappa shape index (κ3) is 4.97. The fraction of sp³-hybridized carbons (Fsp3) is 0.348. The number of carbonyl (C=O) groups is 1. The van der Waals surface area contributed by atoms with Gasteiger partial charge in [0.05, 0.1) is 35.4 Å². The highest BCUT2D eigenvalue weighted by atomic mass is 32.2. The van der Waals surface area contributed by atoms with Crippen LogP contribution in [0, 0.1) is 5.82 Å². The van der Waals surface area contributed by atoms with Gasteiger partial charge in [-0.3, -0.25) is 14.2 Å². The van der Waals surface area contributed by atoms with E-state index < -0.39 is 0 Å². The molecule has 3 aromatic rings. The number of halogens is 1. The smallest absolute Gasteiger partial charge is 0.262 e. The molecule has 0 N–H and O–H groups in total. The Balaban J connectivity index is 1.61. The molecule has 162 valence electrons. The lowest BCUT2D eigenvalue weighted by molar-refractivity contribution is -0.140. The largest absolute Gasteiger partial charge is 0.372 e. The number of benzene rings is 2. The summed E-state index contributed by atoms with van der Waals surface area (Å²) in [6.45, 7) is 5.26. The van der Waals surface area contributed by atoms with Crippen molar-refractivity contribution in [2.75, 3.05) is 18.8 Å². The molecule has 1 aliphatic heterocycles. The predicted octanol–water partition coefficient (Wildman–Crippen LogP) is 3.31. The zero-order chi connectivity index (χ0) is 22.0. The van der Waals surface area contributed by atoms with Gasteiger partial charge in [-0.1, -0.05) is 36.0 Å². The van der Waals surface area contributed by atoms with Gasteiger partial charge in [-0.25, -0.2) is 9.37 Å². The molecule has 8 heteroatoms. The number of ether oxygens (including phenoxy) is 1. The average molecular weight is 442 g/mol. The molecule has 2 atom stereocenters. The summed E-state index contributed by atoms with van der Waals surface area (Å²) in [7, 11) is 0. The molecule has 0 unspecified atom stereocenters. The van der Waals surface area contributed by atoms with Crippen molar-refractivity contribution in [3.63, 3.8) is 0 Å². The van der Waals surface area contributed by atoms with E-state index in [2.05, 4.69) is 4.98 Å². The standard InChI is InChI=1S/C23H24FN3O3S/c1-15-11-26(12-16(2)30-15)21(28)14-31-23-25-20-6-4-3-5-19(20)22(29)27(23)13-17-7-9-18(24)10-8-17/h3-10,15-16H,11-14H2,1-2H3/t15-,16-/m1/s1. The number of morpholine rings is 1. The third-order valence-corrected chi connectivity index (χ3v) is 6.14. The molecule has 31 heavy (non-hydrogen) atoms. The van der Waals surface area contributed by atoms with Gasteiger partial charge in [-0.2, -0.15) is 0 Å². The van der Waals surface area contributed by atoms with E-state index in [4.69, 9.17) is 4.74 Å². The van der Waals surface area contributed by atoms with Crippen LogP contribution in [0.25, 0.3) is 10.9 Å². The van der Waals surface area contributed by atoms with Gasteiger partial charge in [0.15, 0.2) is 5.16 Å². The highest BCUT2D eigenvalue weighted by Gasteiger charge is 2.26. The molecule has 1 fully saturated rings. The molecule has 0 saturated carbocycles. The van der Waals surface area contributed by atoms with Crippen molar-refractivity contribution in [2.24, 2.45) is 0 Å². The second-order valence-corrected chi connectivity index (χ2v) is 8.72. The fourth-order valence-electron chi connectivity index (χ4n) is 3.77. The predicted molar refractivity (Wildman–Crippen MR) is 119 cm³/mol. The summed E-state index contributed by atoms with van der Waals surface area (Å²) in [4.78, 5) is 32.4. The molecule has 0 aliphatic carbocycles. The van der Waals surface area contributed by atoms with E-state index in [1.54, 1.807) is 39.8 Å². The molecule has 1 saturated heterocycles. The lowest BCUT2D eigenvalue weighted by Gasteiger charge is -2.35. The van der Waals surface area contributed by atoms with Gasteiger partial charge in [0.2, 0.25) is 5.91 Å². The zero-order valence-electron chi connectivity index (χ0n) is 17.5. The second-order valence-electron chi connectivity index (χ2n) is 7.77. The maximum atomic E-state index is 13.3. The minimum Gasteiger partial charge on any atom is -0.372 e. The molecule has 1 aromatic heterocycles. The number of nitrogens with zero attached hydrogens (tertiary/aromatic N) is 3. The fourth-order valence-corrected chi connectivity index (χ4v) is 4.67. The molecule has 0 radical (unpaired) electrons. The Hall–Kier alpha value is -2.71. The first-order valence-electron chi connectivity index (χ1n) is 10.2. The van der Waals surface area contributed by atoms with Crippen LogP contribution in [0.3, 0.4) is 0 Å². The Morgan fingerprint density at radius 1 is 1.13 bits per heavy atom. The molecule has 1 amide bonds. The first-order valence-corrected chi connectivity index (χ1v) is 11.2. The van der Waals surface area contributed by atoms with Crippen molar-refractivity contribution in [3.8, 4) is 0 Å². The van der Waals surface area contributed by atoms with E-state index in [0.29, 0.717) is 29.1 Å². The van der Waals surface area contributed by atoms with Crippen LogP contribution in [0.4, 0.5) is 4.39 Å². The first-order chi connectivity index (χ1) is 14.9. The average Bonchev–Trinajstić information content (AvgIpc) is 2.75. The quantitative estimate of drug-likeness (QED) is 0.449. The Labute approximate surface area is 184 Å². The number of carbonyl (C=O) groups excluding carboxylic acids is 1. The lowest BCUT2D eigenvalue weighted by atomic mass is 10.2. The van der Waals surface area contributed by atoms with Crippen LogP contribution in [0.2, 0.25) is 0 Å². The van der Waals surface area contributed by atoms with Crippen LogP contribution in [0.15, 0.2) is 58.5 Å². The summed E-state index contributed by atoms with van der Waals surface area (Å²) in [6.07, 6.45) is -0.0127. The first kappa shape index (κ1) is 21.5. The SMILES string of the molecule is C[C@@H]1CN(C(=O)CSc2nc3ccccc3c(=O)n2Cc2ccc(F)cc2)C[C@@H](C)O1. The molecule has 0 bridgehead atoms. The van der Waals surface area contributed by atoms with Crippen molar-refractivity contribution in [3.05, 3.63) is 70.3 Å². The number of rotatable bonds is 5. The van der Waals surface area contributed by atoms with Crippen LogP contribution in [0.1, 0.15) is 19.4 Å². The number of hydrogen-bond donors (Lipinski definition) is 0. The minimum absolute atomic E-state index is 0.00634. The Bertz CT molecular complexity index is 1140. The van der Waals surface area contributed by atoms with Gasteiger partial charge < -0.3 is 9.64 Å². The van der Waals surface area contributed by atoms with Gasteiger partial charge in [0.25, 0.3) is 5.56 Å². The Kier molecular flexibility index (Phi) is 6.38. The maximum absolute atomic E-state index is 13.3. The van der Waals surface area contributed by atoms with Crippen LogP contribution in [0.5, 0.6) is 0 Å². The highest BCUT2D eigenvalue weighted by molar-refractivity contribution is 7.99. The van der Waals surface area contributed by atoms with Gasteiger partial charge in [-0.15, -0.1) is 0 Å². The van der Waals surface area contributed by atoms with E-state index in [9.17, 15) is 14.0 Å². The molecule has 2 heterocycles. The van der Waals surface area contributed by atoms with Gasteiger partial charge in [0.1, 0.15) is 5.82 Å². The van der Waals surface area contributed by atoms with Crippen molar-refractivity contribution >= 4 is 28.6 Å². The minimum atomic E-state index is -0.332. The summed E-state index contributed by atoms with van der Waals surface area (Å²) in [6, 6.07) is 13.2. The lowest BCUT2D eigenvalue weighted by Crippen LogP contribution is -2.48. The Morgan fingerprint density at radius 3 is 2.52 bits per heavy atom. The second kappa shape index (κ2) is 9.20. The normalized spacial score (nSPS) is 19.0. The van der Waals surface area contributed by atoms with Gasteiger partial charge in [-0.05, 0) is 43.7 Å². The molecular weight excluding hydrogens is 417 g/mol. The molecule has 6 nitrogen and oxygen atoms in total. The topological polar surface area (TPSA) is 64.4 Å². The summed E-state index contributed by atoms with van der Waals surface area (Å²) < 4.78 is 20.6. The number of hydrogen-bond acceptors (Lipinski definition) is 5. The molecule has 2 aromatic carbocycles.